The molecule has 0 fully saturated rings. The molecule has 0 unspecified atom stereocenters. The molecule has 0 aliphatic rings. The molecule has 28 heavy (non-hydrogen) atoms. The molecular weight excluding hydrogens is 379 g/mol. The molecule has 144 valence electrons. The number of aromatic nitrogens is 2. The van der Waals surface area contributed by atoms with E-state index >= 15 is 0 Å². The minimum Gasteiger partial charge on any atom is -0.353 e. The first-order valence-electron chi connectivity index (χ1n) is 8.95. The third kappa shape index (κ3) is 3.48. The summed E-state index contributed by atoms with van der Waals surface area (Å²) in [6.07, 6.45) is 0. The van der Waals surface area contributed by atoms with Gasteiger partial charge < -0.3 is 20.2 Å². The van der Waals surface area contributed by atoms with Gasteiger partial charge in [-0.1, -0.05) is 11.6 Å². The zero-order valence-corrected chi connectivity index (χ0v) is 16.3. The Bertz CT molecular complexity index is 1180. The summed E-state index contributed by atoms with van der Waals surface area (Å²) < 4.78 is 13.7. The Hall–Kier alpha value is -2.83. The van der Waals surface area contributed by atoms with E-state index in [-0.39, 0.29) is 11.7 Å². The Morgan fingerprint density at radius 2 is 1.93 bits per heavy atom. The molecule has 0 aliphatic heterocycles. The number of nitrogens with zero attached hydrogens (tertiary/aromatic N) is 1. The maximum atomic E-state index is 13.7. The van der Waals surface area contributed by atoms with Gasteiger partial charge in [0.1, 0.15) is 5.82 Å². The number of nitrogens with one attached hydrogen (secondary N) is 3. The molecule has 4 aromatic rings. The van der Waals surface area contributed by atoms with Crippen LogP contribution in [0.2, 0.25) is 5.02 Å². The average molecular weight is 399 g/mol. The fourth-order valence-corrected chi connectivity index (χ4v) is 3.51. The van der Waals surface area contributed by atoms with Crippen LogP contribution >= 0.6 is 11.6 Å². The molecule has 2 heterocycles. The molecule has 0 saturated carbocycles. The van der Waals surface area contributed by atoms with E-state index in [2.05, 4.69) is 15.3 Å². The number of likely N-dealkylation sites (N-methyl/N-ethyl adjacent to an activating group) is 1. The van der Waals surface area contributed by atoms with E-state index in [4.69, 9.17) is 11.6 Å². The molecule has 0 saturated heterocycles. The molecule has 2 aromatic carbocycles. The minimum absolute atomic E-state index is 0.202. The van der Waals surface area contributed by atoms with Gasteiger partial charge in [0.15, 0.2) is 0 Å². The SMILES string of the molecule is CN(C)CCNC(=O)c1c(-c2cc3cc(Cl)ccc3[nH]2)[nH]c2cc(F)ccc12. The Morgan fingerprint density at radius 1 is 1.11 bits per heavy atom. The normalized spacial score (nSPS) is 11.6. The monoisotopic (exact) mass is 398 g/mol. The highest BCUT2D eigenvalue weighted by Crippen LogP contribution is 2.33. The largest absolute Gasteiger partial charge is 0.353 e. The smallest absolute Gasteiger partial charge is 0.254 e. The Labute approximate surface area is 166 Å². The van der Waals surface area contributed by atoms with Gasteiger partial charge in [-0.25, -0.2) is 4.39 Å². The lowest BCUT2D eigenvalue weighted by atomic mass is 10.1. The van der Waals surface area contributed by atoms with E-state index in [9.17, 15) is 9.18 Å². The lowest BCUT2D eigenvalue weighted by molar-refractivity contribution is 0.0953. The Kier molecular flexibility index (Phi) is 4.83. The van der Waals surface area contributed by atoms with Crippen LogP contribution in [0.3, 0.4) is 0 Å². The van der Waals surface area contributed by atoms with Gasteiger partial charge in [0, 0.05) is 39.9 Å². The van der Waals surface area contributed by atoms with Crippen LogP contribution in [0.15, 0.2) is 42.5 Å². The summed E-state index contributed by atoms with van der Waals surface area (Å²) in [5.41, 5.74) is 3.33. The number of hydrogen-bond donors (Lipinski definition) is 3. The summed E-state index contributed by atoms with van der Waals surface area (Å²) in [4.78, 5) is 21.5. The second kappa shape index (κ2) is 7.30. The molecule has 5 nitrogen and oxygen atoms in total. The quantitative estimate of drug-likeness (QED) is 0.466. The number of halogens is 2. The zero-order valence-electron chi connectivity index (χ0n) is 15.6. The average Bonchev–Trinajstić information content (AvgIpc) is 3.21. The van der Waals surface area contributed by atoms with Gasteiger partial charge in [-0.2, -0.15) is 0 Å². The van der Waals surface area contributed by atoms with E-state index in [0.29, 0.717) is 33.7 Å². The van der Waals surface area contributed by atoms with Crippen LogP contribution in [-0.4, -0.2) is 48.0 Å². The van der Waals surface area contributed by atoms with Gasteiger partial charge in [0.25, 0.3) is 5.91 Å². The predicted molar refractivity (Wildman–Crippen MR) is 111 cm³/mol. The third-order valence-corrected chi connectivity index (χ3v) is 4.92. The van der Waals surface area contributed by atoms with Crippen LogP contribution in [0.5, 0.6) is 0 Å². The van der Waals surface area contributed by atoms with Crippen molar-refractivity contribution in [1.29, 1.82) is 0 Å². The maximum Gasteiger partial charge on any atom is 0.254 e. The predicted octanol–water partition coefficient (Wildman–Crippen LogP) is 4.40. The van der Waals surface area contributed by atoms with Crippen LogP contribution < -0.4 is 5.32 Å². The van der Waals surface area contributed by atoms with E-state index in [1.54, 1.807) is 12.1 Å². The van der Waals surface area contributed by atoms with Crippen molar-refractivity contribution >= 4 is 39.3 Å². The van der Waals surface area contributed by atoms with E-state index in [0.717, 1.165) is 23.1 Å². The van der Waals surface area contributed by atoms with Crippen LogP contribution in [0.25, 0.3) is 33.2 Å². The van der Waals surface area contributed by atoms with Crippen molar-refractivity contribution in [3.05, 3.63) is 58.9 Å². The van der Waals surface area contributed by atoms with Crippen molar-refractivity contribution < 1.29 is 9.18 Å². The molecule has 0 radical (unpaired) electrons. The number of rotatable bonds is 5. The lowest BCUT2D eigenvalue weighted by Crippen LogP contribution is -2.31. The molecule has 3 N–H and O–H groups in total. The van der Waals surface area contributed by atoms with Gasteiger partial charge in [0.05, 0.1) is 17.0 Å². The fourth-order valence-electron chi connectivity index (χ4n) is 3.33. The standard InChI is InChI=1S/C21H20ClFN4O/c1-27(2)8-7-24-21(28)19-15-5-4-14(23)11-17(15)26-20(19)18-10-12-9-13(22)3-6-16(12)25-18/h3-6,9-11,25-26H,7-8H2,1-2H3,(H,24,28). The number of benzene rings is 2. The summed E-state index contributed by atoms with van der Waals surface area (Å²) in [6, 6.07) is 11.9. The maximum absolute atomic E-state index is 13.7. The first kappa shape index (κ1) is 18.5. The van der Waals surface area contributed by atoms with Crippen LogP contribution in [0, 0.1) is 5.82 Å². The summed E-state index contributed by atoms with van der Waals surface area (Å²) in [5.74, 6) is -0.560. The first-order valence-corrected chi connectivity index (χ1v) is 9.33. The van der Waals surface area contributed by atoms with Crippen LogP contribution in [-0.2, 0) is 0 Å². The number of hydrogen-bond acceptors (Lipinski definition) is 2. The second-order valence-electron chi connectivity index (χ2n) is 7.04. The van der Waals surface area contributed by atoms with Crippen molar-refractivity contribution in [3.63, 3.8) is 0 Å². The van der Waals surface area contributed by atoms with Crippen molar-refractivity contribution in [1.82, 2.24) is 20.2 Å². The third-order valence-electron chi connectivity index (χ3n) is 4.68. The van der Waals surface area contributed by atoms with Crippen molar-refractivity contribution in [2.24, 2.45) is 0 Å². The van der Waals surface area contributed by atoms with Crippen molar-refractivity contribution in [3.8, 4) is 11.4 Å². The molecule has 0 aliphatic carbocycles. The molecule has 2 aromatic heterocycles. The van der Waals surface area contributed by atoms with E-state index in [1.807, 2.05) is 37.2 Å². The van der Waals surface area contributed by atoms with Gasteiger partial charge in [0.2, 0.25) is 0 Å². The van der Waals surface area contributed by atoms with Crippen molar-refractivity contribution in [2.75, 3.05) is 27.2 Å². The molecule has 7 heteroatoms. The molecule has 1 amide bonds. The van der Waals surface area contributed by atoms with Gasteiger partial charge >= 0.3 is 0 Å². The molecule has 0 bridgehead atoms. The number of carbonyl (C=O) groups excluding carboxylic acids is 1. The van der Waals surface area contributed by atoms with E-state index in [1.165, 1.54) is 12.1 Å². The summed E-state index contributed by atoms with van der Waals surface area (Å²) in [6.45, 7) is 1.24. The van der Waals surface area contributed by atoms with Gasteiger partial charge in [-0.3, -0.25) is 4.79 Å². The molecule has 0 atom stereocenters. The molecule has 4 rings (SSSR count). The summed E-state index contributed by atoms with van der Waals surface area (Å²) >= 11 is 6.09. The second-order valence-corrected chi connectivity index (χ2v) is 7.48. The van der Waals surface area contributed by atoms with Gasteiger partial charge in [-0.05, 0) is 56.6 Å². The fraction of sp³-hybridized carbons (Fsp3) is 0.190. The molecule has 0 spiro atoms. The highest BCUT2D eigenvalue weighted by molar-refractivity contribution is 6.31. The Balaban J connectivity index is 1.82. The highest BCUT2D eigenvalue weighted by atomic mass is 35.5. The van der Waals surface area contributed by atoms with Crippen LogP contribution in [0.4, 0.5) is 4.39 Å². The summed E-state index contributed by atoms with van der Waals surface area (Å²) in [7, 11) is 3.89. The minimum atomic E-state index is -0.358. The number of H-pyrrole nitrogens is 2. The summed E-state index contributed by atoms with van der Waals surface area (Å²) in [5, 5.41) is 5.20. The van der Waals surface area contributed by atoms with Gasteiger partial charge in [-0.15, -0.1) is 0 Å². The van der Waals surface area contributed by atoms with Crippen molar-refractivity contribution in [2.45, 2.75) is 0 Å². The van der Waals surface area contributed by atoms with Crippen LogP contribution in [0.1, 0.15) is 10.4 Å². The number of fused-ring (bicyclic) bond motifs is 2. The Morgan fingerprint density at radius 3 is 2.71 bits per heavy atom. The number of carbonyl (C=O) groups is 1. The van der Waals surface area contributed by atoms with E-state index < -0.39 is 0 Å². The number of amides is 1. The topological polar surface area (TPSA) is 63.9 Å². The number of aromatic amines is 2. The highest BCUT2D eigenvalue weighted by Gasteiger charge is 2.21. The first-order chi connectivity index (χ1) is 13.4. The lowest BCUT2D eigenvalue weighted by Gasteiger charge is -2.11. The molecular formula is C21H20ClFN4O. The zero-order chi connectivity index (χ0) is 19.8.